The molecule has 2 aromatic carbocycles. The molecule has 0 N–H and O–H groups in total. The minimum Gasteiger partial charge on any atom is -0.490 e. The van der Waals surface area contributed by atoms with Gasteiger partial charge in [-0.05, 0) is 31.9 Å². The zero-order chi connectivity index (χ0) is 17.1. The van der Waals surface area contributed by atoms with Gasteiger partial charge in [0.25, 0.3) is 0 Å². The van der Waals surface area contributed by atoms with Gasteiger partial charge in [0, 0.05) is 23.1 Å². The first-order valence-electron chi connectivity index (χ1n) is 8.58. The van der Waals surface area contributed by atoms with E-state index in [9.17, 15) is 0 Å². The Balaban J connectivity index is 2.35. The van der Waals surface area contributed by atoms with E-state index in [1.807, 2.05) is 26.8 Å². The highest BCUT2D eigenvalue weighted by atomic mass is 16.5. The summed E-state index contributed by atoms with van der Waals surface area (Å²) in [5.41, 5.74) is 5.85. The fraction of sp³-hybridized carbons (Fsp3) is 0.333. The van der Waals surface area contributed by atoms with Crippen molar-refractivity contribution in [1.82, 2.24) is 0 Å². The molecule has 24 heavy (non-hydrogen) atoms. The quantitative estimate of drug-likeness (QED) is 0.605. The van der Waals surface area contributed by atoms with Gasteiger partial charge >= 0.3 is 0 Å². The molecule has 126 valence electrons. The zero-order valence-corrected chi connectivity index (χ0v) is 14.6. The van der Waals surface area contributed by atoms with Crippen LogP contribution in [0.3, 0.4) is 0 Å². The van der Waals surface area contributed by atoms with Crippen molar-refractivity contribution < 1.29 is 14.2 Å². The molecule has 0 saturated heterocycles. The van der Waals surface area contributed by atoms with Gasteiger partial charge in [-0.1, -0.05) is 36.9 Å². The van der Waals surface area contributed by atoms with Crippen molar-refractivity contribution >= 4 is 6.08 Å². The van der Waals surface area contributed by atoms with E-state index in [0.717, 1.165) is 29.0 Å². The van der Waals surface area contributed by atoms with Crippen molar-refractivity contribution in [3.8, 4) is 28.4 Å². The molecule has 0 bridgehead atoms. The standard InChI is InChI=1S/C21H24O3/c1-5-15-18-16-12-10-9-11-14(16)13-17(18)20(23-7-3)21(24-8-4)19(15)22-6-2/h5,9-12H,1,6-8,13H2,2-4H3. The van der Waals surface area contributed by atoms with Crippen LogP contribution in [0.25, 0.3) is 17.2 Å². The minimum atomic E-state index is 0.558. The Hall–Kier alpha value is -2.42. The molecule has 3 rings (SSSR count). The smallest absolute Gasteiger partial charge is 0.204 e. The van der Waals surface area contributed by atoms with Gasteiger partial charge in [-0.3, -0.25) is 0 Å². The van der Waals surface area contributed by atoms with Crippen LogP contribution in [0.5, 0.6) is 17.2 Å². The lowest BCUT2D eigenvalue weighted by Gasteiger charge is -2.22. The summed E-state index contributed by atoms with van der Waals surface area (Å²) in [6, 6.07) is 8.46. The van der Waals surface area contributed by atoms with Crippen molar-refractivity contribution in [2.24, 2.45) is 0 Å². The molecule has 0 fully saturated rings. The molecular formula is C21H24O3. The molecule has 0 unspecified atom stereocenters. The van der Waals surface area contributed by atoms with Gasteiger partial charge in [0.15, 0.2) is 11.5 Å². The van der Waals surface area contributed by atoms with Crippen LogP contribution in [0.15, 0.2) is 30.8 Å². The Kier molecular flexibility index (Phi) is 4.79. The van der Waals surface area contributed by atoms with Gasteiger partial charge in [-0.2, -0.15) is 0 Å². The monoisotopic (exact) mass is 324 g/mol. The SMILES string of the molecule is C=Cc1c(OCC)c(OCC)c(OCC)c2c1-c1ccccc1C2. The highest BCUT2D eigenvalue weighted by Gasteiger charge is 2.31. The summed E-state index contributed by atoms with van der Waals surface area (Å²) < 4.78 is 17.9. The van der Waals surface area contributed by atoms with E-state index in [1.165, 1.54) is 16.7 Å². The fourth-order valence-corrected chi connectivity index (χ4v) is 3.39. The van der Waals surface area contributed by atoms with Crippen LogP contribution in [-0.4, -0.2) is 19.8 Å². The zero-order valence-electron chi connectivity index (χ0n) is 14.6. The summed E-state index contributed by atoms with van der Waals surface area (Å²) in [6.07, 6.45) is 2.71. The molecule has 1 aliphatic rings. The maximum atomic E-state index is 6.01. The van der Waals surface area contributed by atoms with E-state index < -0.39 is 0 Å². The molecule has 0 heterocycles. The lowest BCUT2D eigenvalue weighted by Crippen LogP contribution is -2.07. The predicted molar refractivity (Wildman–Crippen MR) is 98.3 cm³/mol. The molecule has 0 spiro atoms. The second-order valence-corrected chi connectivity index (χ2v) is 5.59. The van der Waals surface area contributed by atoms with Crippen LogP contribution in [0.4, 0.5) is 0 Å². The predicted octanol–water partition coefficient (Wildman–Crippen LogP) is 5.10. The molecule has 2 aromatic rings. The van der Waals surface area contributed by atoms with E-state index in [-0.39, 0.29) is 0 Å². The highest BCUT2D eigenvalue weighted by Crippen LogP contribution is 2.53. The van der Waals surface area contributed by atoms with Crippen molar-refractivity contribution in [1.29, 1.82) is 0 Å². The van der Waals surface area contributed by atoms with Crippen molar-refractivity contribution in [2.45, 2.75) is 27.2 Å². The van der Waals surface area contributed by atoms with Gasteiger partial charge < -0.3 is 14.2 Å². The normalized spacial score (nSPS) is 11.6. The summed E-state index contributed by atoms with van der Waals surface area (Å²) in [7, 11) is 0. The maximum Gasteiger partial charge on any atom is 0.204 e. The third-order valence-electron chi connectivity index (χ3n) is 4.23. The van der Waals surface area contributed by atoms with Gasteiger partial charge in [0.1, 0.15) is 0 Å². The molecule has 0 radical (unpaired) electrons. The van der Waals surface area contributed by atoms with E-state index >= 15 is 0 Å². The van der Waals surface area contributed by atoms with Gasteiger partial charge in [-0.15, -0.1) is 0 Å². The van der Waals surface area contributed by atoms with Crippen LogP contribution >= 0.6 is 0 Å². The highest BCUT2D eigenvalue weighted by molar-refractivity contribution is 5.91. The molecule has 0 atom stereocenters. The molecule has 3 nitrogen and oxygen atoms in total. The molecule has 0 amide bonds. The number of ether oxygens (including phenoxy) is 3. The number of fused-ring (bicyclic) bond motifs is 3. The summed E-state index contributed by atoms with van der Waals surface area (Å²) in [5, 5.41) is 0. The van der Waals surface area contributed by atoms with E-state index in [1.54, 1.807) is 0 Å². The van der Waals surface area contributed by atoms with Gasteiger partial charge in [0.2, 0.25) is 5.75 Å². The average Bonchev–Trinajstić information content (AvgIpc) is 2.98. The molecule has 0 saturated carbocycles. The molecule has 0 aromatic heterocycles. The minimum absolute atomic E-state index is 0.558. The first-order chi connectivity index (χ1) is 11.8. The second kappa shape index (κ2) is 7.00. The first-order valence-corrected chi connectivity index (χ1v) is 8.58. The van der Waals surface area contributed by atoms with Gasteiger partial charge in [-0.25, -0.2) is 0 Å². The van der Waals surface area contributed by atoms with Crippen LogP contribution in [-0.2, 0) is 6.42 Å². The third-order valence-corrected chi connectivity index (χ3v) is 4.23. The summed E-state index contributed by atoms with van der Waals surface area (Å²) in [5.74, 6) is 2.23. The first kappa shape index (κ1) is 16.4. The Morgan fingerprint density at radius 1 is 0.917 bits per heavy atom. The van der Waals surface area contributed by atoms with Crippen LogP contribution in [0, 0.1) is 0 Å². The summed E-state index contributed by atoms with van der Waals surface area (Å²) in [4.78, 5) is 0. The van der Waals surface area contributed by atoms with E-state index in [0.29, 0.717) is 25.6 Å². The van der Waals surface area contributed by atoms with Crippen LogP contribution < -0.4 is 14.2 Å². The number of benzene rings is 2. The maximum absolute atomic E-state index is 6.01. The largest absolute Gasteiger partial charge is 0.490 e. The number of rotatable bonds is 7. The van der Waals surface area contributed by atoms with Crippen molar-refractivity contribution in [3.63, 3.8) is 0 Å². The third kappa shape index (κ3) is 2.54. The fourth-order valence-electron chi connectivity index (χ4n) is 3.39. The van der Waals surface area contributed by atoms with E-state index in [2.05, 4.69) is 30.8 Å². The van der Waals surface area contributed by atoms with Crippen LogP contribution in [0.2, 0.25) is 0 Å². The molecular weight excluding hydrogens is 300 g/mol. The van der Waals surface area contributed by atoms with Gasteiger partial charge in [0.05, 0.1) is 19.8 Å². The lowest BCUT2D eigenvalue weighted by atomic mass is 9.97. The Bertz CT molecular complexity index is 762. The van der Waals surface area contributed by atoms with E-state index in [4.69, 9.17) is 14.2 Å². The molecule has 0 aliphatic heterocycles. The Labute approximate surface area is 143 Å². The number of hydrogen-bond acceptors (Lipinski definition) is 3. The molecule has 1 aliphatic carbocycles. The van der Waals surface area contributed by atoms with Crippen LogP contribution in [0.1, 0.15) is 37.5 Å². The molecule has 3 heteroatoms. The Morgan fingerprint density at radius 2 is 1.54 bits per heavy atom. The Morgan fingerprint density at radius 3 is 2.21 bits per heavy atom. The van der Waals surface area contributed by atoms with Crippen molar-refractivity contribution in [2.75, 3.05) is 19.8 Å². The lowest BCUT2D eigenvalue weighted by molar-refractivity contribution is 0.259. The van der Waals surface area contributed by atoms with Crippen molar-refractivity contribution in [3.05, 3.63) is 47.5 Å². The number of hydrogen-bond donors (Lipinski definition) is 0. The second-order valence-electron chi connectivity index (χ2n) is 5.59. The summed E-state index contributed by atoms with van der Waals surface area (Å²) in [6.45, 7) is 11.7. The topological polar surface area (TPSA) is 27.7 Å². The average molecular weight is 324 g/mol. The summed E-state index contributed by atoms with van der Waals surface area (Å²) >= 11 is 0.